The largest absolute Gasteiger partial charge is 0.468 e. The third kappa shape index (κ3) is 4.25. The van der Waals surface area contributed by atoms with Gasteiger partial charge in [0.1, 0.15) is 11.0 Å². The van der Waals surface area contributed by atoms with E-state index in [1.165, 1.54) is 36.6 Å². The molecule has 3 rings (SSSR count). The van der Waals surface area contributed by atoms with Crippen LogP contribution in [0, 0.1) is 0 Å². The van der Waals surface area contributed by atoms with Crippen molar-refractivity contribution >= 4 is 33.3 Å². The Kier molecular flexibility index (Phi) is 5.33. The van der Waals surface area contributed by atoms with Gasteiger partial charge in [-0.2, -0.15) is 0 Å². The minimum Gasteiger partial charge on any atom is -0.468 e. The molecule has 2 amide bonds. The van der Waals surface area contributed by atoms with E-state index in [-0.39, 0.29) is 23.2 Å². The van der Waals surface area contributed by atoms with Crippen LogP contribution in [0.4, 0.5) is 0 Å². The fourth-order valence-corrected chi connectivity index (χ4v) is 4.08. The van der Waals surface area contributed by atoms with Crippen LogP contribution in [-0.2, 0) is 19.4 Å². The van der Waals surface area contributed by atoms with Crippen molar-refractivity contribution in [3.63, 3.8) is 0 Å². The summed E-state index contributed by atoms with van der Waals surface area (Å²) in [5.41, 5.74) is 0. The van der Waals surface area contributed by atoms with Crippen molar-refractivity contribution in [3.05, 3.63) is 53.4 Å². The zero-order valence-electron chi connectivity index (χ0n) is 13.6. The van der Waals surface area contributed by atoms with Gasteiger partial charge in [0.05, 0.1) is 11.2 Å². The molecular formula is C17H17ClN2O5S. The molecule has 1 atom stereocenters. The number of carbonyl (C=O) groups excluding carboxylic acids is 2. The van der Waals surface area contributed by atoms with Gasteiger partial charge in [-0.3, -0.25) is 9.59 Å². The summed E-state index contributed by atoms with van der Waals surface area (Å²) in [4.78, 5) is 23.7. The van der Waals surface area contributed by atoms with Crippen molar-refractivity contribution in [2.24, 2.45) is 0 Å². The zero-order chi connectivity index (χ0) is 18.7. The quantitative estimate of drug-likeness (QED) is 0.725. The van der Waals surface area contributed by atoms with Crippen molar-refractivity contribution in [3.8, 4) is 0 Å². The second-order valence-electron chi connectivity index (χ2n) is 5.96. The second-order valence-corrected chi connectivity index (χ2v) is 8.53. The third-order valence-corrected chi connectivity index (χ3v) is 6.27. The molecular weight excluding hydrogens is 380 g/mol. The highest BCUT2D eigenvalue weighted by Gasteiger charge is 2.33. The number of nitrogens with one attached hydrogen (secondary N) is 2. The van der Waals surface area contributed by atoms with E-state index in [1.807, 2.05) is 0 Å². The monoisotopic (exact) mass is 396 g/mol. The molecule has 0 saturated heterocycles. The topological polar surface area (TPSA) is 105 Å². The molecule has 138 valence electrons. The lowest BCUT2D eigenvalue weighted by molar-refractivity contribution is -0.139. The number of halogens is 1. The fourth-order valence-electron chi connectivity index (χ4n) is 2.37. The average molecular weight is 397 g/mol. The molecule has 26 heavy (non-hydrogen) atoms. The highest BCUT2D eigenvalue weighted by molar-refractivity contribution is 7.91. The summed E-state index contributed by atoms with van der Waals surface area (Å²) in [6.07, 6.45) is 3.04. The van der Waals surface area contributed by atoms with E-state index < -0.39 is 26.9 Å². The maximum Gasteiger partial charge on any atom is 0.309 e. The number of furan rings is 1. The van der Waals surface area contributed by atoms with Gasteiger partial charge in [0.25, 0.3) is 0 Å². The zero-order valence-corrected chi connectivity index (χ0v) is 15.2. The molecule has 9 heteroatoms. The average Bonchev–Trinajstić information content (AvgIpc) is 3.26. The molecule has 1 aromatic carbocycles. The number of rotatable bonds is 6. The van der Waals surface area contributed by atoms with Crippen molar-refractivity contribution in [2.75, 3.05) is 6.54 Å². The molecule has 2 N–H and O–H groups in total. The van der Waals surface area contributed by atoms with Gasteiger partial charge in [0.15, 0.2) is 9.84 Å². The van der Waals surface area contributed by atoms with Crippen molar-refractivity contribution in [2.45, 2.75) is 29.0 Å². The Hall–Kier alpha value is -2.32. The van der Waals surface area contributed by atoms with E-state index >= 15 is 0 Å². The fraction of sp³-hybridized carbons (Fsp3) is 0.294. The number of hydrogen-bond donors (Lipinski definition) is 2. The molecule has 0 aliphatic heterocycles. The molecule has 1 unspecified atom stereocenters. The summed E-state index contributed by atoms with van der Waals surface area (Å²) in [5, 5.41) is 4.16. The number of benzene rings is 1. The Morgan fingerprint density at radius 2 is 1.85 bits per heavy atom. The van der Waals surface area contributed by atoms with E-state index in [0.717, 1.165) is 12.8 Å². The number of sulfone groups is 1. The van der Waals surface area contributed by atoms with Crippen LogP contribution in [0.3, 0.4) is 0 Å². The predicted molar refractivity (Wildman–Crippen MR) is 94.3 cm³/mol. The van der Waals surface area contributed by atoms with Gasteiger partial charge in [0, 0.05) is 17.6 Å². The van der Waals surface area contributed by atoms with E-state index in [9.17, 15) is 18.0 Å². The van der Waals surface area contributed by atoms with Crippen LogP contribution in [0.1, 0.15) is 23.9 Å². The van der Waals surface area contributed by atoms with Crippen LogP contribution in [-0.4, -0.2) is 32.8 Å². The summed E-state index contributed by atoms with van der Waals surface area (Å²) in [5.74, 6) is -1.47. The molecule has 1 saturated carbocycles. The Morgan fingerprint density at radius 3 is 2.42 bits per heavy atom. The first kappa shape index (κ1) is 18.5. The molecule has 1 fully saturated rings. The Labute approximate surface area is 155 Å². The molecule has 2 aromatic rings. The summed E-state index contributed by atoms with van der Waals surface area (Å²) in [6.45, 7) is -0.296. The van der Waals surface area contributed by atoms with Gasteiger partial charge in [-0.1, -0.05) is 11.6 Å². The standard InChI is InChI=1S/C17H17ClN2O5S/c18-11-3-7-13(8-4-11)26(23,24)15(14-2-1-9-25-14)10-19-16(21)17(22)20-12-5-6-12/h1-4,7-9,12,15H,5-6,10H2,(H,19,21)(H,20,22). The number of carbonyl (C=O) groups is 2. The molecule has 1 aromatic heterocycles. The molecule has 7 nitrogen and oxygen atoms in total. The lowest BCUT2D eigenvalue weighted by atomic mass is 10.3. The van der Waals surface area contributed by atoms with Crippen LogP contribution in [0.15, 0.2) is 52.0 Å². The minimum atomic E-state index is -3.87. The maximum absolute atomic E-state index is 13.0. The summed E-state index contributed by atoms with van der Waals surface area (Å²) < 4.78 is 31.2. The second kappa shape index (κ2) is 7.51. The number of amides is 2. The Balaban J connectivity index is 1.78. The molecule has 0 radical (unpaired) electrons. The van der Waals surface area contributed by atoms with Gasteiger partial charge in [-0.05, 0) is 49.2 Å². The molecule has 1 aliphatic rings. The van der Waals surface area contributed by atoms with Crippen LogP contribution in [0.2, 0.25) is 5.02 Å². The van der Waals surface area contributed by atoms with Gasteiger partial charge in [0.2, 0.25) is 0 Å². The molecule has 0 bridgehead atoms. The van der Waals surface area contributed by atoms with Crippen LogP contribution in [0.5, 0.6) is 0 Å². The Bertz CT molecular complexity index is 890. The SMILES string of the molecule is O=C(NCC(c1ccco1)S(=O)(=O)c1ccc(Cl)cc1)C(=O)NC1CC1. The summed E-state index contributed by atoms with van der Waals surface area (Å²) >= 11 is 5.81. The van der Waals surface area contributed by atoms with Gasteiger partial charge in [-0.15, -0.1) is 0 Å². The third-order valence-electron chi connectivity index (χ3n) is 3.94. The Morgan fingerprint density at radius 1 is 1.15 bits per heavy atom. The van der Waals surface area contributed by atoms with Gasteiger partial charge < -0.3 is 15.1 Å². The van der Waals surface area contributed by atoms with Crippen LogP contribution >= 0.6 is 11.6 Å². The molecule has 0 spiro atoms. The van der Waals surface area contributed by atoms with E-state index in [4.69, 9.17) is 16.0 Å². The van der Waals surface area contributed by atoms with E-state index in [2.05, 4.69) is 10.6 Å². The minimum absolute atomic E-state index is 0.0342. The van der Waals surface area contributed by atoms with Crippen molar-refractivity contribution in [1.82, 2.24) is 10.6 Å². The van der Waals surface area contributed by atoms with Gasteiger partial charge >= 0.3 is 11.8 Å². The van der Waals surface area contributed by atoms with Crippen molar-refractivity contribution < 1.29 is 22.4 Å². The smallest absolute Gasteiger partial charge is 0.309 e. The highest BCUT2D eigenvalue weighted by atomic mass is 35.5. The highest BCUT2D eigenvalue weighted by Crippen LogP contribution is 2.29. The first-order valence-electron chi connectivity index (χ1n) is 7.99. The van der Waals surface area contributed by atoms with Crippen LogP contribution in [0.25, 0.3) is 0 Å². The first-order chi connectivity index (χ1) is 12.4. The normalized spacial score (nSPS) is 15.3. The maximum atomic E-state index is 13.0. The molecule has 1 heterocycles. The molecule has 1 aliphatic carbocycles. The van der Waals surface area contributed by atoms with Crippen LogP contribution < -0.4 is 10.6 Å². The number of hydrogen-bond acceptors (Lipinski definition) is 5. The lowest BCUT2D eigenvalue weighted by Gasteiger charge is -2.16. The van der Waals surface area contributed by atoms with Crippen molar-refractivity contribution in [1.29, 1.82) is 0 Å². The summed E-state index contributed by atoms with van der Waals surface area (Å²) in [6, 6.07) is 8.80. The van der Waals surface area contributed by atoms with E-state index in [0.29, 0.717) is 5.02 Å². The van der Waals surface area contributed by atoms with Gasteiger partial charge in [-0.25, -0.2) is 8.42 Å². The summed E-state index contributed by atoms with van der Waals surface area (Å²) in [7, 11) is -3.87. The van der Waals surface area contributed by atoms with E-state index in [1.54, 1.807) is 6.07 Å². The lowest BCUT2D eigenvalue weighted by Crippen LogP contribution is -2.43. The first-order valence-corrected chi connectivity index (χ1v) is 9.92. The predicted octanol–water partition coefficient (Wildman–Crippen LogP) is 1.84.